The van der Waals surface area contributed by atoms with Gasteiger partial charge in [0.05, 0.1) is 18.2 Å². The van der Waals surface area contributed by atoms with Gasteiger partial charge in [0.1, 0.15) is 6.10 Å². The fourth-order valence-corrected chi connectivity index (χ4v) is 8.32. The van der Waals surface area contributed by atoms with Gasteiger partial charge in [-0.3, -0.25) is 0 Å². The molecule has 9 rings (SSSR count). The Balaban J connectivity index is 1.25. The lowest BCUT2D eigenvalue weighted by Crippen LogP contribution is -2.59. The summed E-state index contributed by atoms with van der Waals surface area (Å²) in [7, 11) is 1.61. The minimum absolute atomic E-state index is 0.155. The summed E-state index contributed by atoms with van der Waals surface area (Å²) >= 11 is 0. The normalized spacial score (nSPS) is 39.1. The Morgan fingerprint density at radius 2 is 1.39 bits per heavy atom. The predicted molar refractivity (Wildman–Crippen MR) is 113 cm³/mol. The molecule has 156 valence electrons. The van der Waals surface area contributed by atoms with Crippen LogP contribution >= 0.6 is 0 Å². The van der Waals surface area contributed by atoms with Crippen molar-refractivity contribution in [3.63, 3.8) is 0 Å². The second-order valence-electron chi connectivity index (χ2n) is 10.1. The van der Waals surface area contributed by atoms with E-state index in [9.17, 15) is 9.59 Å². The van der Waals surface area contributed by atoms with E-state index in [-0.39, 0.29) is 29.1 Å². The van der Waals surface area contributed by atoms with Gasteiger partial charge in [0.15, 0.2) is 0 Å². The third-order valence-corrected chi connectivity index (χ3v) is 9.18. The molecule has 0 saturated heterocycles. The first-order valence-electron chi connectivity index (χ1n) is 11.3. The first kappa shape index (κ1) is 16.8. The van der Waals surface area contributed by atoms with Crippen LogP contribution in [0.15, 0.2) is 70.3 Å². The summed E-state index contributed by atoms with van der Waals surface area (Å²) in [6.07, 6.45) is -0.194. The number of rotatable bonds is 5. The zero-order valence-electron chi connectivity index (χ0n) is 17.2. The molecule has 2 bridgehead atoms. The lowest BCUT2D eigenvalue weighted by atomic mass is 9.77. The standard InChI is InChI=1S/C25H23N3O3/c1-26-23(29)27-21-17-15-16-18(21)20(16)25(19(15)17,28(27)24(26)30)12-31-22(13-8-4-2-5-9-13)14-10-6-3-7-11-14/h2-11,15-22H,12H2,1H3. The summed E-state index contributed by atoms with van der Waals surface area (Å²) in [5, 5.41) is 0. The van der Waals surface area contributed by atoms with E-state index in [0.29, 0.717) is 42.1 Å². The van der Waals surface area contributed by atoms with Crippen LogP contribution in [0.1, 0.15) is 23.3 Å². The van der Waals surface area contributed by atoms with Crippen LogP contribution in [0.25, 0.3) is 0 Å². The molecule has 6 nitrogen and oxygen atoms in total. The van der Waals surface area contributed by atoms with Gasteiger partial charge < -0.3 is 4.74 Å². The highest BCUT2D eigenvalue weighted by Gasteiger charge is 2.95. The molecule has 0 amide bonds. The van der Waals surface area contributed by atoms with Gasteiger partial charge in [-0.05, 0) is 46.6 Å². The zero-order chi connectivity index (χ0) is 20.6. The first-order valence-corrected chi connectivity index (χ1v) is 11.3. The molecule has 6 unspecified atom stereocenters. The summed E-state index contributed by atoms with van der Waals surface area (Å²) in [5.41, 5.74) is 1.53. The van der Waals surface area contributed by atoms with Crippen molar-refractivity contribution in [2.75, 3.05) is 6.61 Å². The van der Waals surface area contributed by atoms with Crippen LogP contribution in [0.4, 0.5) is 0 Å². The molecule has 2 aliphatic heterocycles. The molecule has 2 aromatic carbocycles. The summed E-state index contributed by atoms with van der Waals surface area (Å²) in [6.45, 7) is 0.479. The second-order valence-corrected chi connectivity index (χ2v) is 10.1. The van der Waals surface area contributed by atoms with Crippen LogP contribution in [0.3, 0.4) is 0 Å². The molecule has 1 aromatic heterocycles. The molecule has 6 heteroatoms. The summed E-state index contributed by atoms with van der Waals surface area (Å²) in [6, 6.07) is 20.8. The molecule has 6 atom stereocenters. The highest BCUT2D eigenvalue weighted by atomic mass is 16.5. The van der Waals surface area contributed by atoms with Crippen molar-refractivity contribution in [1.29, 1.82) is 0 Å². The molecular formula is C25H23N3O3. The average molecular weight is 413 g/mol. The topological polar surface area (TPSA) is 58.2 Å². The van der Waals surface area contributed by atoms with Gasteiger partial charge in [-0.15, -0.1) is 0 Å². The zero-order valence-corrected chi connectivity index (χ0v) is 17.2. The van der Waals surface area contributed by atoms with Crippen LogP contribution in [-0.2, 0) is 17.3 Å². The van der Waals surface area contributed by atoms with E-state index >= 15 is 0 Å². The van der Waals surface area contributed by atoms with Crippen molar-refractivity contribution < 1.29 is 4.74 Å². The number of nitrogens with zero attached hydrogens (tertiary/aromatic N) is 3. The quantitative estimate of drug-likeness (QED) is 0.644. The van der Waals surface area contributed by atoms with Crippen molar-refractivity contribution in [3.05, 3.63) is 92.8 Å². The van der Waals surface area contributed by atoms with Gasteiger partial charge in [0, 0.05) is 7.05 Å². The predicted octanol–water partition coefficient (Wildman–Crippen LogP) is 2.16. The maximum absolute atomic E-state index is 13.2. The largest absolute Gasteiger partial charge is 0.366 e. The molecule has 4 aliphatic carbocycles. The van der Waals surface area contributed by atoms with E-state index in [1.807, 2.05) is 45.8 Å². The average Bonchev–Trinajstić information content (AvgIpc) is 3.66. The van der Waals surface area contributed by atoms with Crippen molar-refractivity contribution >= 4 is 0 Å². The molecule has 6 aliphatic rings. The Morgan fingerprint density at radius 3 is 1.94 bits per heavy atom. The number of hydrogen-bond donors (Lipinski definition) is 0. The van der Waals surface area contributed by atoms with E-state index in [1.54, 1.807) is 7.05 Å². The maximum Gasteiger partial charge on any atom is 0.347 e. The minimum Gasteiger partial charge on any atom is -0.366 e. The van der Waals surface area contributed by atoms with Crippen molar-refractivity contribution in [1.82, 2.24) is 13.9 Å². The molecular weight excluding hydrogens is 390 g/mol. The van der Waals surface area contributed by atoms with Crippen molar-refractivity contribution in [2.45, 2.75) is 17.7 Å². The monoisotopic (exact) mass is 413 g/mol. The van der Waals surface area contributed by atoms with E-state index in [4.69, 9.17) is 4.74 Å². The lowest BCUT2D eigenvalue weighted by Gasteiger charge is -2.47. The molecule has 4 fully saturated rings. The Labute approximate surface area is 178 Å². The molecule has 0 radical (unpaired) electrons. The van der Waals surface area contributed by atoms with Gasteiger partial charge in [0.2, 0.25) is 0 Å². The second kappa shape index (κ2) is 5.13. The molecule has 3 aromatic rings. The number of hydrogen-bond acceptors (Lipinski definition) is 3. The van der Waals surface area contributed by atoms with Crippen LogP contribution in [0.2, 0.25) is 0 Å². The lowest BCUT2D eigenvalue weighted by molar-refractivity contribution is -0.0674. The van der Waals surface area contributed by atoms with Crippen LogP contribution in [0, 0.1) is 35.5 Å². The SMILES string of the molecule is Cn1c(=O)n2n(c1=O)C1(COC(c3ccccc3)c3ccccc3)C3C4C5C(C2C43)C51. The smallest absolute Gasteiger partial charge is 0.347 e. The molecule has 0 spiro atoms. The molecule has 3 heterocycles. The third kappa shape index (κ3) is 1.68. The van der Waals surface area contributed by atoms with E-state index in [0.717, 1.165) is 11.1 Å². The van der Waals surface area contributed by atoms with E-state index < -0.39 is 0 Å². The fraction of sp³-hybridized carbons (Fsp3) is 0.440. The van der Waals surface area contributed by atoms with E-state index in [1.165, 1.54) is 4.57 Å². The molecule has 4 saturated carbocycles. The van der Waals surface area contributed by atoms with E-state index in [2.05, 4.69) is 24.3 Å². The molecule has 0 N–H and O–H groups in total. The Bertz CT molecular complexity index is 1290. The fourth-order valence-electron chi connectivity index (χ4n) is 8.32. The van der Waals surface area contributed by atoms with Crippen LogP contribution in [-0.4, -0.2) is 20.5 Å². The Hall–Kier alpha value is -2.86. The minimum atomic E-state index is -0.362. The van der Waals surface area contributed by atoms with Crippen molar-refractivity contribution in [2.24, 2.45) is 42.6 Å². The van der Waals surface area contributed by atoms with Crippen LogP contribution in [0.5, 0.6) is 0 Å². The maximum atomic E-state index is 13.2. The number of benzene rings is 2. The van der Waals surface area contributed by atoms with Crippen molar-refractivity contribution in [3.8, 4) is 0 Å². The van der Waals surface area contributed by atoms with Gasteiger partial charge in [-0.2, -0.15) is 0 Å². The Morgan fingerprint density at radius 1 is 0.839 bits per heavy atom. The number of ether oxygens (including phenoxy) is 1. The van der Waals surface area contributed by atoms with Gasteiger partial charge in [-0.25, -0.2) is 23.5 Å². The van der Waals surface area contributed by atoms with Gasteiger partial charge in [-0.1, -0.05) is 60.7 Å². The highest BCUT2D eigenvalue weighted by molar-refractivity contribution is 5.42. The molecule has 31 heavy (non-hydrogen) atoms. The van der Waals surface area contributed by atoms with Gasteiger partial charge >= 0.3 is 11.4 Å². The highest BCUT2D eigenvalue weighted by Crippen LogP contribution is 2.93. The van der Waals surface area contributed by atoms with Crippen LogP contribution < -0.4 is 11.4 Å². The summed E-state index contributed by atoms with van der Waals surface area (Å²) in [4.78, 5) is 26.1. The van der Waals surface area contributed by atoms with Gasteiger partial charge in [0.25, 0.3) is 0 Å². The summed E-state index contributed by atoms with van der Waals surface area (Å²) < 4.78 is 11.7. The third-order valence-electron chi connectivity index (χ3n) is 9.18. The number of aromatic nitrogens is 3. The Kier molecular flexibility index (Phi) is 2.78. The summed E-state index contributed by atoms with van der Waals surface area (Å²) in [5.74, 6) is 3.48. The first-order chi connectivity index (χ1) is 15.2.